The molecule has 0 aliphatic carbocycles. The van der Waals surface area contributed by atoms with Gasteiger partial charge in [0.05, 0.1) is 25.3 Å². The predicted octanol–water partition coefficient (Wildman–Crippen LogP) is 3.93. The van der Waals surface area contributed by atoms with Crippen molar-refractivity contribution in [3.8, 4) is 5.75 Å². The van der Waals surface area contributed by atoms with Crippen molar-refractivity contribution in [1.82, 2.24) is 20.1 Å². The largest absolute Gasteiger partial charge is 0.497 e. The molecule has 9 heteroatoms. The molecular formula is C25H29N5O3S. The molecule has 0 spiro atoms. The minimum Gasteiger partial charge on any atom is -0.497 e. The lowest BCUT2D eigenvalue weighted by Gasteiger charge is -2.15. The summed E-state index contributed by atoms with van der Waals surface area (Å²) < 4.78 is 7.01. The Morgan fingerprint density at radius 3 is 2.62 bits per heavy atom. The number of benzene rings is 2. The molecule has 0 saturated heterocycles. The van der Waals surface area contributed by atoms with E-state index in [4.69, 9.17) is 4.74 Å². The first-order valence-electron chi connectivity index (χ1n) is 10.8. The highest BCUT2D eigenvalue weighted by atomic mass is 32.2. The SMILES string of the molecule is C=CCn1c(SCC(=O)Nc2cccc(C)c2)nnc1C(C)NC(=O)Cc1ccc(OC)cc1. The number of aryl methyl sites for hydroxylation is 1. The topological polar surface area (TPSA) is 98.1 Å². The Morgan fingerprint density at radius 2 is 1.94 bits per heavy atom. The molecule has 1 unspecified atom stereocenters. The molecule has 2 aromatic carbocycles. The maximum atomic E-state index is 12.6. The standard InChI is InChI=1S/C25H29N5O3S/c1-5-13-30-24(18(3)26-22(31)15-19-9-11-21(33-4)12-10-19)28-29-25(30)34-16-23(32)27-20-8-6-7-17(2)14-20/h5-12,14,18H,1,13,15-16H2,2-4H3,(H,26,31)(H,27,32). The van der Waals surface area contributed by atoms with Gasteiger partial charge in [-0.25, -0.2) is 0 Å². The van der Waals surface area contributed by atoms with Crippen LogP contribution in [0, 0.1) is 6.92 Å². The second-order valence-corrected chi connectivity index (χ2v) is 8.70. The summed E-state index contributed by atoms with van der Waals surface area (Å²) in [5.74, 6) is 1.27. The first-order valence-corrected chi connectivity index (χ1v) is 11.8. The number of nitrogens with zero attached hydrogens (tertiary/aromatic N) is 3. The molecular weight excluding hydrogens is 450 g/mol. The van der Waals surface area contributed by atoms with Crippen LogP contribution in [0.25, 0.3) is 0 Å². The highest BCUT2D eigenvalue weighted by Crippen LogP contribution is 2.21. The molecule has 3 rings (SSSR count). The van der Waals surface area contributed by atoms with Crippen molar-refractivity contribution in [3.63, 3.8) is 0 Å². The van der Waals surface area contributed by atoms with Gasteiger partial charge in [-0.2, -0.15) is 0 Å². The summed E-state index contributed by atoms with van der Waals surface area (Å²) in [6.45, 7) is 8.09. The number of hydrogen-bond donors (Lipinski definition) is 2. The quantitative estimate of drug-likeness (QED) is 0.319. The number of ether oxygens (including phenoxy) is 1. The third-order valence-corrected chi connectivity index (χ3v) is 5.95. The number of nitrogens with one attached hydrogen (secondary N) is 2. The zero-order valence-electron chi connectivity index (χ0n) is 19.6. The van der Waals surface area contributed by atoms with E-state index in [9.17, 15) is 9.59 Å². The lowest BCUT2D eigenvalue weighted by molar-refractivity contribution is -0.121. The van der Waals surface area contributed by atoms with Crippen LogP contribution in [-0.2, 0) is 22.6 Å². The van der Waals surface area contributed by atoms with Gasteiger partial charge in [0, 0.05) is 12.2 Å². The minimum absolute atomic E-state index is 0.127. The Labute approximate surface area is 203 Å². The van der Waals surface area contributed by atoms with E-state index in [-0.39, 0.29) is 30.0 Å². The van der Waals surface area contributed by atoms with Crippen molar-refractivity contribution in [3.05, 3.63) is 78.1 Å². The number of hydrogen-bond acceptors (Lipinski definition) is 6. The number of rotatable bonds is 11. The molecule has 0 saturated carbocycles. The van der Waals surface area contributed by atoms with Crippen molar-refractivity contribution in [1.29, 1.82) is 0 Å². The van der Waals surface area contributed by atoms with Gasteiger partial charge in [-0.05, 0) is 49.2 Å². The average Bonchev–Trinajstić information content (AvgIpc) is 3.21. The third kappa shape index (κ3) is 6.95. The van der Waals surface area contributed by atoms with Crippen LogP contribution in [0.5, 0.6) is 5.75 Å². The van der Waals surface area contributed by atoms with E-state index in [1.54, 1.807) is 13.2 Å². The van der Waals surface area contributed by atoms with Gasteiger partial charge in [-0.1, -0.05) is 42.1 Å². The number of carbonyl (C=O) groups excluding carboxylic acids is 2. The second kappa shape index (κ2) is 12.0. The Morgan fingerprint density at radius 1 is 1.18 bits per heavy atom. The first kappa shape index (κ1) is 25.0. The maximum Gasteiger partial charge on any atom is 0.234 e. The Hall–Kier alpha value is -3.59. The Bertz CT molecular complexity index is 1140. The summed E-state index contributed by atoms with van der Waals surface area (Å²) in [4.78, 5) is 25.0. The number of carbonyl (C=O) groups is 2. The fourth-order valence-corrected chi connectivity index (χ4v) is 4.12. The molecule has 0 radical (unpaired) electrons. The molecule has 1 heterocycles. The number of thioether (sulfide) groups is 1. The lowest BCUT2D eigenvalue weighted by Crippen LogP contribution is -2.30. The fourth-order valence-electron chi connectivity index (χ4n) is 3.36. The number of anilines is 1. The molecule has 0 bridgehead atoms. The van der Waals surface area contributed by atoms with Crippen LogP contribution < -0.4 is 15.4 Å². The number of aromatic nitrogens is 3. The van der Waals surface area contributed by atoms with E-state index in [1.807, 2.05) is 66.9 Å². The smallest absolute Gasteiger partial charge is 0.234 e. The van der Waals surface area contributed by atoms with Gasteiger partial charge in [-0.15, -0.1) is 16.8 Å². The molecule has 178 valence electrons. The van der Waals surface area contributed by atoms with E-state index in [0.29, 0.717) is 17.5 Å². The molecule has 3 aromatic rings. The molecule has 0 aliphatic heterocycles. The van der Waals surface area contributed by atoms with Crippen molar-refractivity contribution in [2.24, 2.45) is 0 Å². The summed E-state index contributed by atoms with van der Waals surface area (Å²) in [6, 6.07) is 14.6. The van der Waals surface area contributed by atoms with Gasteiger partial charge in [0.15, 0.2) is 11.0 Å². The highest BCUT2D eigenvalue weighted by molar-refractivity contribution is 7.99. The number of methoxy groups -OCH3 is 1. The van der Waals surface area contributed by atoms with E-state index in [1.165, 1.54) is 11.8 Å². The van der Waals surface area contributed by atoms with Crippen LogP contribution in [0.15, 0.2) is 66.3 Å². The van der Waals surface area contributed by atoms with Crippen LogP contribution in [0.4, 0.5) is 5.69 Å². The van der Waals surface area contributed by atoms with Crippen molar-refractivity contribution < 1.29 is 14.3 Å². The van der Waals surface area contributed by atoms with Gasteiger partial charge >= 0.3 is 0 Å². The van der Waals surface area contributed by atoms with Crippen LogP contribution >= 0.6 is 11.8 Å². The molecule has 1 atom stereocenters. The van der Waals surface area contributed by atoms with Gasteiger partial charge in [0.2, 0.25) is 11.8 Å². The molecule has 8 nitrogen and oxygen atoms in total. The molecule has 1 aromatic heterocycles. The lowest BCUT2D eigenvalue weighted by atomic mass is 10.1. The third-order valence-electron chi connectivity index (χ3n) is 4.98. The maximum absolute atomic E-state index is 12.6. The zero-order chi connectivity index (χ0) is 24.5. The summed E-state index contributed by atoms with van der Waals surface area (Å²) in [7, 11) is 1.60. The normalized spacial score (nSPS) is 11.5. The Balaban J connectivity index is 1.60. The monoisotopic (exact) mass is 479 g/mol. The summed E-state index contributed by atoms with van der Waals surface area (Å²) >= 11 is 1.29. The number of amides is 2. The van der Waals surface area contributed by atoms with Gasteiger partial charge in [0.25, 0.3) is 0 Å². The summed E-state index contributed by atoms with van der Waals surface area (Å²) in [6.07, 6.45) is 1.97. The molecule has 0 aliphatic rings. The van der Waals surface area contributed by atoms with Crippen LogP contribution in [0.3, 0.4) is 0 Å². The highest BCUT2D eigenvalue weighted by Gasteiger charge is 2.20. The van der Waals surface area contributed by atoms with Gasteiger partial charge < -0.3 is 19.9 Å². The van der Waals surface area contributed by atoms with Gasteiger partial charge in [-0.3, -0.25) is 9.59 Å². The van der Waals surface area contributed by atoms with Crippen molar-refractivity contribution in [2.75, 3.05) is 18.2 Å². The minimum atomic E-state index is -0.367. The molecule has 2 amide bonds. The van der Waals surface area contributed by atoms with E-state index in [0.717, 1.165) is 22.6 Å². The molecule has 0 fully saturated rings. The van der Waals surface area contributed by atoms with Crippen molar-refractivity contribution >= 4 is 29.3 Å². The molecule has 34 heavy (non-hydrogen) atoms. The van der Waals surface area contributed by atoms with Crippen LogP contribution in [0.2, 0.25) is 0 Å². The van der Waals surface area contributed by atoms with Crippen LogP contribution in [-0.4, -0.2) is 39.4 Å². The van der Waals surface area contributed by atoms with Gasteiger partial charge in [0.1, 0.15) is 5.75 Å². The average molecular weight is 480 g/mol. The summed E-state index contributed by atoms with van der Waals surface area (Å²) in [5.41, 5.74) is 2.71. The van der Waals surface area contributed by atoms with E-state index in [2.05, 4.69) is 27.4 Å². The van der Waals surface area contributed by atoms with Crippen molar-refractivity contribution in [2.45, 2.75) is 38.0 Å². The fraction of sp³-hybridized carbons (Fsp3) is 0.280. The Kier molecular flexibility index (Phi) is 8.86. The molecule has 2 N–H and O–H groups in total. The zero-order valence-corrected chi connectivity index (χ0v) is 20.4. The van der Waals surface area contributed by atoms with E-state index < -0.39 is 0 Å². The predicted molar refractivity (Wildman–Crippen MR) is 134 cm³/mol. The first-order chi connectivity index (χ1) is 16.4. The van der Waals surface area contributed by atoms with Crippen LogP contribution in [0.1, 0.15) is 29.9 Å². The second-order valence-electron chi connectivity index (χ2n) is 7.76. The van der Waals surface area contributed by atoms with E-state index >= 15 is 0 Å². The number of allylic oxidation sites excluding steroid dienone is 1. The summed E-state index contributed by atoms with van der Waals surface area (Å²) in [5, 5.41) is 15.0.